The highest BCUT2D eigenvalue weighted by molar-refractivity contribution is 5.76. The van der Waals surface area contributed by atoms with Crippen molar-refractivity contribution in [1.82, 2.24) is 10.9 Å². The first-order valence-corrected chi connectivity index (χ1v) is 6.58. The molecular weight excluding hydrogens is 238 g/mol. The van der Waals surface area contributed by atoms with E-state index in [0.717, 1.165) is 11.1 Å². The van der Waals surface area contributed by atoms with Crippen LogP contribution >= 0.6 is 0 Å². The summed E-state index contributed by atoms with van der Waals surface area (Å²) in [5, 5.41) is 0. The lowest BCUT2D eigenvalue weighted by molar-refractivity contribution is -0.122. The first-order chi connectivity index (χ1) is 8.75. The van der Waals surface area contributed by atoms with Crippen LogP contribution in [0.3, 0.4) is 0 Å². The Labute approximate surface area is 115 Å². The van der Waals surface area contributed by atoms with Crippen LogP contribution in [-0.4, -0.2) is 13.0 Å². The Kier molecular flexibility index (Phi) is 5.09. The highest BCUT2D eigenvalue weighted by Crippen LogP contribution is 2.27. The number of aryl methyl sites for hydroxylation is 1. The maximum atomic E-state index is 11.5. The second-order valence-electron chi connectivity index (χ2n) is 5.93. The maximum absolute atomic E-state index is 11.5. The molecule has 0 heterocycles. The Morgan fingerprint density at radius 3 is 2.47 bits per heavy atom. The van der Waals surface area contributed by atoms with E-state index in [1.165, 1.54) is 5.56 Å². The van der Waals surface area contributed by atoms with Gasteiger partial charge in [0.1, 0.15) is 0 Å². The summed E-state index contributed by atoms with van der Waals surface area (Å²) in [7, 11) is 1.66. The van der Waals surface area contributed by atoms with Crippen LogP contribution in [0.1, 0.15) is 49.9 Å². The molecule has 4 nitrogen and oxygen atoms in total. The minimum atomic E-state index is -0.276. The Bertz CT molecular complexity index is 449. The molecule has 0 saturated carbocycles. The highest BCUT2D eigenvalue weighted by atomic mass is 16.2. The third-order valence-electron chi connectivity index (χ3n) is 3.21. The van der Waals surface area contributed by atoms with E-state index in [0.29, 0.717) is 0 Å². The molecule has 1 unspecified atom stereocenters. The number of benzene rings is 1. The number of amides is 1. The smallest absolute Gasteiger partial charge is 0.235 e. The van der Waals surface area contributed by atoms with Gasteiger partial charge in [-0.25, -0.2) is 5.43 Å². The quantitative estimate of drug-likeness (QED) is 0.727. The normalized spacial score (nSPS) is 13.2. The summed E-state index contributed by atoms with van der Waals surface area (Å²) < 4.78 is 0. The lowest BCUT2D eigenvalue weighted by Crippen LogP contribution is -2.36. The second-order valence-corrected chi connectivity index (χ2v) is 5.93. The van der Waals surface area contributed by atoms with Crippen molar-refractivity contribution in [3.8, 4) is 0 Å². The van der Waals surface area contributed by atoms with Crippen LogP contribution < -0.4 is 16.6 Å². The van der Waals surface area contributed by atoms with E-state index in [2.05, 4.69) is 43.8 Å². The fourth-order valence-electron chi connectivity index (χ4n) is 2.06. The van der Waals surface area contributed by atoms with Crippen molar-refractivity contribution >= 4 is 5.91 Å². The third-order valence-corrected chi connectivity index (χ3v) is 3.21. The molecule has 0 radical (unpaired) electrons. The summed E-state index contributed by atoms with van der Waals surface area (Å²) in [4.78, 5) is 11.5. The van der Waals surface area contributed by atoms with E-state index in [9.17, 15) is 4.79 Å². The van der Waals surface area contributed by atoms with Gasteiger partial charge in [0.25, 0.3) is 0 Å². The summed E-state index contributed by atoms with van der Waals surface area (Å²) in [6, 6.07) is 6.01. The van der Waals surface area contributed by atoms with E-state index in [1.807, 2.05) is 13.0 Å². The van der Waals surface area contributed by atoms with E-state index >= 15 is 0 Å². The van der Waals surface area contributed by atoms with Crippen molar-refractivity contribution in [1.29, 1.82) is 0 Å². The molecule has 0 aliphatic carbocycles. The Balaban J connectivity index is 2.87. The first-order valence-electron chi connectivity index (χ1n) is 6.58. The van der Waals surface area contributed by atoms with Gasteiger partial charge in [-0.15, -0.1) is 0 Å². The lowest BCUT2D eigenvalue weighted by atomic mass is 9.84. The van der Waals surface area contributed by atoms with Crippen molar-refractivity contribution in [2.45, 2.75) is 45.6 Å². The van der Waals surface area contributed by atoms with Gasteiger partial charge in [0.15, 0.2) is 0 Å². The molecule has 0 saturated heterocycles. The molecule has 0 aromatic heterocycles. The summed E-state index contributed by atoms with van der Waals surface area (Å²) in [5.74, 6) is -0.103. The van der Waals surface area contributed by atoms with Crippen LogP contribution in [-0.2, 0) is 10.2 Å². The summed E-state index contributed by atoms with van der Waals surface area (Å²) >= 11 is 0. The molecule has 1 atom stereocenters. The van der Waals surface area contributed by atoms with Crippen LogP contribution in [0.4, 0.5) is 0 Å². The summed E-state index contributed by atoms with van der Waals surface area (Å²) in [6.45, 7) is 8.59. The minimum absolute atomic E-state index is 0.103. The van der Waals surface area contributed by atoms with Gasteiger partial charge in [0, 0.05) is 19.5 Å². The van der Waals surface area contributed by atoms with Crippen molar-refractivity contribution in [3.63, 3.8) is 0 Å². The molecule has 1 rings (SSSR count). The Morgan fingerprint density at radius 1 is 1.37 bits per heavy atom. The number of rotatable bonds is 4. The molecule has 1 aromatic carbocycles. The van der Waals surface area contributed by atoms with Crippen molar-refractivity contribution in [3.05, 3.63) is 34.9 Å². The average molecular weight is 263 g/mol. The molecule has 0 spiro atoms. The first kappa shape index (κ1) is 15.7. The van der Waals surface area contributed by atoms with E-state index < -0.39 is 0 Å². The monoisotopic (exact) mass is 263 g/mol. The van der Waals surface area contributed by atoms with Gasteiger partial charge in [-0.05, 0) is 29.0 Å². The number of hydrogen-bond acceptors (Lipinski definition) is 3. The molecule has 19 heavy (non-hydrogen) atoms. The highest BCUT2D eigenvalue weighted by Gasteiger charge is 2.17. The second kappa shape index (κ2) is 6.17. The topological polar surface area (TPSA) is 67.1 Å². The van der Waals surface area contributed by atoms with E-state index in [-0.39, 0.29) is 23.8 Å². The van der Waals surface area contributed by atoms with Gasteiger partial charge < -0.3 is 5.73 Å². The summed E-state index contributed by atoms with van der Waals surface area (Å²) in [5.41, 5.74) is 14.8. The van der Waals surface area contributed by atoms with E-state index in [1.54, 1.807) is 7.05 Å². The molecular formula is C15H25N3O. The zero-order valence-electron chi connectivity index (χ0n) is 12.5. The van der Waals surface area contributed by atoms with Gasteiger partial charge in [-0.2, -0.15) is 0 Å². The molecule has 1 amide bonds. The van der Waals surface area contributed by atoms with Crippen LogP contribution in [0.25, 0.3) is 0 Å². The molecule has 1 aromatic rings. The lowest BCUT2D eigenvalue weighted by Gasteiger charge is -2.22. The standard InChI is InChI=1S/C15H25N3O/c1-10-8-11(15(2,3)4)6-7-12(10)13(16)9-14(19)18-17-5/h6-8,13,17H,9,16H2,1-5H3,(H,18,19). The van der Waals surface area contributed by atoms with Crippen molar-refractivity contribution < 1.29 is 4.79 Å². The van der Waals surface area contributed by atoms with E-state index in [4.69, 9.17) is 5.73 Å². The number of carbonyl (C=O) groups excluding carboxylic acids is 1. The van der Waals surface area contributed by atoms with Gasteiger partial charge >= 0.3 is 0 Å². The van der Waals surface area contributed by atoms with Gasteiger partial charge in [0.05, 0.1) is 0 Å². The number of hydrogen-bond donors (Lipinski definition) is 3. The molecule has 4 heteroatoms. The Morgan fingerprint density at radius 2 is 2.00 bits per heavy atom. The third kappa shape index (κ3) is 4.33. The van der Waals surface area contributed by atoms with Crippen LogP contribution in [0.5, 0.6) is 0 Å². The number of nitrogens with two attached hydrogens (primary N) is 1. The predicted octanol–water partition coefficient (Wildman–Crippen LogP) is 1.93. The summed E-state index contributed by atoms with van der Waals surface area (Å²) in [6.07, 6.45) is 0.274. The molecule has 0 fully saturated rings. The van der Waals surface area contributed by atoms with Crippen LogP contribution in [0.15, 0.2) is 18.2 Å². The maximum Gasteiger partial charge on any atom is 0.235 e. The number of nitrogens with one attached hydrogen (secondary N) is 2. The molecule has 0 bridgehead atoms. The molecule has 106 valence electrons. The zero-order valence-corrected chi connectivity index (χ0v) is 12.5. The van der Waals surface area contributed by atoms with Crippen LogP contribution in [0.2, 0.25) is 0 Å². The van der Waals surface area contributed by atoms with Gasteiger partial charge in [-0.1, -0.05) is 39.0 Å². The van der Waals surface area contributed by atoms with Crippen molar-refractivity contribution in [2.75, 3.05) is 7.05 Å². The average Bonchev–Trinajstić information content (AvgIpc) is 2.27. The largest absolute Gasteiger partial charge is 0.324 e. The molecule has 0 aliphatic rings. The van der Waals surface area contributed by atoms with Gasteiger partial charge in [-0.3, -0.25) is 10.2 Å². The van der Waals surface area contributed by atoms with Crippen molar-refractivity contribution in [2.24, 2.45) is 5.73 Å². The van der Waals surface area contributed by atoms with Gasteiger partial charge in [0.2, 0.25) is 5.91 Å². The molecule has 0 aliphatic heterocycles. The number of hydrazine groups is 1. The zero-order chi connectivity index (χ0) is 14.6. The number of carbonyl (C=O) groups is 1. The fourth-order valence-corrected chi connectivity index (χ4v) is 2.06. The molecule has 4 N–H and O–H groups in total. The minimum Gasteiger partial charge on any atom is -0.324 e. The Hall–Kier alpha value is -1.39. The SMILES string of the molecule is CNNC(=O)CC(N)c1ccc(C(C)(C)C)cc1C. The predicted molar refractivity (Wildman–Crippen MR) is 78.6 cm³/mol. The fraction of sp³-hybridized carbons (Fsp3) is 0.533. The van der Waals surface area contributed by atoms with Crippen LogP contribution in [0, 0.1) is 6.92 Å².